The van der Waals surface area contributed by atoms with Gasteiger partial charge >= 0.3 is 6.03 Å². The van der Waals surface area contributed by atoms with Crippen LogP contribution in [-0.4, -0.2) is 46.0 Å². The standard InChI is InChI=1S/C17H29N5O2/c1-13(2)10-20-17(24)22-7-4-5-14(12-22)9-16(23)19-11-15-18-6-8-21(15)3/h6,8,13-14H,4-5,7,9-12H2,1-3H3,(H,19,23)(H,20,24)/t14-/m0/s1. The van der Waals surface area contributed by atoms with Crippen LogP contribution in [0.1, 0.15) is 38.9 Å². The number of piperidine rings is 1. The van der Waals surface area contributed by atoms with Crippen molar-refractivity contribution < 1.29 is 9.59 Å². The number of likely N-dealkylation sites (tertiary alicyclic amines) is 1. The summed E-state index contributed by atoms with van der Waals surface area (Å²) in [7, 11) is 1.91. The van der Waals surface area contributed by atoms with Crippen molar-refractivity contribution in [2.75, 3.05) is 19.6 Å². The predicted octanol–water partition coefficient (Wildman–Crippen LogP) is 1.50. The molecule has 1 fully saturated rings. The number of nitrogens with zero attached hydrogens (tertiary/aromatic N) is 3. The number of aromatic nitrogens is 2. The highest BCUT2D eigenvalue weighted by molar-refractivity contribution is 5.77. The first-order valence-corrected chi connectivity index (χ1v) is 8.71. The third kappa shape index (κ3) is 5.54. The molecule has 0 bridgehead atoms. The van der Waals surface area contributed by atoms with Crippen LogP contribution in [0.2, 0.25) is 0 Å². The quantitative estimate of drug-likeness (QED) is 0.827. The van der Waals surface area contributed by atoms with Gasteiger partial charge in [-0.3, -0.25) is 4.79 Å². The molecule has 0 radical (unpaired) electrons. The van der Waals surface area contributed by atoms with E-state index in [2.05, 4.69) is 29.5 Å². The molecule has 24 heavy (non-hydrogen) atoms. The Balaban J connectivity index is 1.74. The van der Waals surface area contributed by atoms with Gasteiger partial charge in [0.1, 0.15) is 5.82 Å². The molecule has 1 aliphatic heterocycles. The number of nitrogens with one attached hydrogen (secondary N) is 2. The van der Waals surface area contributed by atoms with Crippen molar-refractivity contribution in [1.82, 2.24) is 25.1 Å². The molecule has 1 atom stereocenters. The molecule has 1 aliphatic rings. The molecule has 2 N–H and O–H groups in total. The Morgan fingerprint density at radius 3 is 2.83 bits per heavy atom. The van der Waals surface area contributed by atoms with Gasteiger partial charge < -0.3 is 20.1 Å². The van der Waals surface area contributed by atoms with Gasteiger partial charge in [-0.1, -0.05) is 13.8 Å². The average molecular weight is 335 g/mol. The van der Waals surface area contributed by atoms with E-state index in [0.717, 1.165) is 25.2 Å². The Morgan fingerprint density at radius 2 is 2.17 bits per heavy atom. The Bertz CT molecular complexity index is 555. The highest BCUT2D eigenvalue weighted by Gasteiger charge is 2.25. The van der Waals surface area contributed by atoms with Crippen LogP contribution < -0.4 is 10.6 Å². The largest absolute Gasteiger partial charge is 0.349 e. The summed E-state index contributed by atoms with van der Waals surface area (Å²) < 4.78 is 1.89. The van der Waals surface area contributed by atoms with Crippen molar-refractivity contribution in [2.45, 2.75) is 39.7 Å². The summed E-state index contributed by atoms with van der Waals surface area (Å²) in [5.41, 5.74) is 0. The fourth-order valence-electron chi connectivity index (χ4n) is 2.90. The zero-order chi connectivity index (χ0) is 17.5. The van der Waals surface area contributed by atoms with Crippen molar-refractivity contribution >= 4 is 11.9 Å². The first-order chi connectivity index (χ1) is 11.5. The average Bonchev–Trinajstić information content (AvgIpc) is 2.96. The smallest absolute Gasteiger partial charge is 0.317 e. The highest BCUT2D eigenvalue weighted by Crippen LogP contribution is 2.19. The van der Waals surface area contributed by atoms with Crippen LogP contribution in [0.15, 0.2) is 12.4 Å². The lowest BCUT2D eigenvalue weighted by atomic mass is 9.94. The minimum atomic E-state index is -0.0122. The van der Waals surface area contributed by atoms with E-state index in [-0.39, 0.29) is 17.9 Å². The number of carbonyl (C=O) groups is 2. The third-order valence-corrected chi connectivity index (χ3v) is 4.31. The summed E-state index contributed by atoms with van der Waals surface area (Å²) in [4.78, 5) is 30.3. The van der Waals surface area contributed by atoms with Crippen molar-refractivity contribution in [2.24, 2.45) is 18.9 Å². The number of imidazole rings is 1. The van der Waals surface area contributed by atoms with E-state index in [1.165, 1.54) is 0 Å². The van der Waals surface area contributed by atoms with Gasteiger partial charge in [0.25, 0.3) is 0 Å². The van der Waals surface area contributed by atoms with Gasteiger partial charge in [-0.15, -0.1) is 0 Å². The van der Waals surface area contributed by atoms with E-state index in [1.54, 1.807) is 6.20 Å². The molecule has 7 nitrogen and oxygen atoms in total. The van der Waals surface area contributed by atoms with Crippen LogP contribution in [0.4, 0.5) is 4.79 Å². The van der Waals surface area contributed by atoms with Gasteiger partial charge in [0.15, 0.2) is 0 Å². The van der Waals surface area contributed by atoms with Crippen molar-refractivity contribution in [3.63, 3.8) is 0 Å². The third-order valence-electron chi connectivity index (χ3n) is 4.31. The van der Waals surface area contributed by atoms with E-state index in [4.69, 9.17) is 0 Å². The van der Waals surface area contributed by atoms with Gasteiger partial charge in [0, 0.05) is 45.5 Å². The lowest BCUT2D eigenvalue weighted by molar-refractivity contribution is -0.122. The van der Waals surface area contributed by atoms with Crippen LogP contribution >= 0.6 is 0 Å². The Hall–Kier alpha value is -2.05. The maximum Gasteiger partial charge on any atom is 0.317 e. The molecule has 1 aromatic heterocycles. The maximum absolute atomic E-state index is 12.2. The zero-order valence-corrected chi connectivity index (χ0v) is 14.9. The number of aryl methyl sites for hydroxylation is 1. The lowest BCUT2D eigenvalue weighted by Gasteiger charge is -2.32. The second kappa shape index (κ2) is 8.70. The van der Waals surface area contributed by atoms with E-state index in [0.29, 0.717) is 32.0 Å². The van der Waals surface area contributed by atoms with Crippen LogP contribution in [0.25, 0.3) is 0 Å². The molecular weight excluding hydrogens is 306 g/mol. The molecule has 7 heteroatoms. The summed E-state index contributed by atoms with van der Waals surface area (Å²) in [5.74, 6) is 1.52. The SMILES string of the molecule is CC(C)CNC(=O)N1CCC[C@@H](CC(=O)NCc2nccn2C)C1. The van der Waals surface area contributed by atoms with Crippen LogP contribution in [-0.2, 0) is 18.4 Å². The minimum absolute atomic E-state index is 0.0122. The molecule has 1 saturated heterocycles. The van der Waals surface area contributed by atoms with Crippen molar-refractivity contribution in [3.8, 4) is 0 Å². The molecule has 134 valence electrons. The second-order valence-corrected chi connectivity index (χ2v) is 6.97. The molecule has 0 spiro atoms. The fourth-order valence-corrected chi connectivity index (χ4v) is 2.90. The summed E-state index contributed by atoms with van der Waals surface area (Å²) in [6.07, 6.45) is 5.97. The van der Waals surface area contributed by atoms with Gasteiger partial charge in [-0.25, -0.2) is 9.78 Å². The zero-order valence-electron chi connectivity index (χ0n) is 14.9. The second-order valence-electron chi connectivity index (χ2n) is 6.97. The van der Waals surface area contributed by atoms with Crippen LogP contribution in [0.5, 0.6) is 0 Å². The Morgan fingerprint density at radius 1 is 1.38 bits per heavy atom. The maximum atomic E-state index is 12.2. The number of hydrogen-bond donors (Lipinski definition) is 2. The molecule has 0 saturated carbocycles. The van der Waals surface area contributed by atoms with Crippen molar-refractivity contribution in [1.29, 1.82) is 0 Å². The molecule has 2 rings (SSSR count). The van der Waals surface area contributed by atoms with E-state index >= 15 is 0 Å². The van der Waals surface area contributed by atoms with Gasteiger partial charge in [-0.2, -0.15) is 0 Å². The Kier molecular flexibility index (Phi) is 6.63. The number of amides is 3. The molecule has 0 aliphatic carbocycles. The van der Waals surface area contributed by atoms with E-state index in [9.17, 15) is 9.59 Å². The van der Waals surface area contributed by atoms with E-state index in [1.807, 2.05) is 22.7 Å². The minimum Gasteiger partial charge on any atom is -0.349 e. The molecular formula is C17H29N5O2. The summed E-state index contributed by atoms with van der Waals surface area (Å²) in [5, 5.41) is 5.87. The topological polar surface area (TPSA) is 79.3 Å². The number of rotatable bonds is 6. The monoisotopic (exact) mass is 335 g/mol. The van der Waals surface area contributed by atoms with Crippen LogP contribution in [0, 0.1) is 11.8 Å². The number of hydrogen-bond acceptors (Lipinski definition) is 3. The number of urea groups is 1. The normalized spacial score (nSPS) is 17.8. The van der Waals surface area contributed by atoms with Gasteiger partial charge in [0.05, 0.1) is 6.54 Å². The van der Waals surface area contributed by atoms with E-state index < -0.39 is 0 Å². The lowest BCUT2D eigenvalue weighted by Crippen LogP contribution is -2.47. The predicted molar refractivity (Wildman–Crippen MR) is 92.2 cm³/mol. The molecule has 0 aromatic carbocycles. The first-order valence-electron chi connectivity index (χ1n) is 8.71. The summed E-state index contributed by atoms with van der Waals surface area (Å²) in [6.45, 7) is 6.70. The van der Waals surface area contributed by atoms with Gasteiger partial charge in [0.2, 0.25) is 5.91 Å². The molecule has 1 aromatic rings. The first kappa shape index (κ1) is 18.3. The summed E-state index contributed by atoms with van der Waals surface area (Å²) in [6, 6.07) is -0.0122. The molecule has 0 unspecified atom stereocenters. The van der Waals surface area contributed by atoms with Crippen molar-refractivity contribution in [3.05, 3.63) is 18.2 Å². The van der Waals surface area contributed by atoms with Gasteiger partial charge in [-0.05, 0) is 24.7 Å². The highest BCUT2D eigenvalue weighted by atomic mass is 16.2. The fraction of sp³-hybridized carbons (Fsp3) is 0.706. The summed E-state index contributed by atoms with van der Waals surface area (Å²) >= 11 is 0. The van der Waals surface area contributed by atoms with Crippen LogP contribution in [0.3, 0.4) is 0 Å². The Labute approximate surface area is 143 Å². The molecule has 3 amide bonds. The molecule has 2 heterocycles. The number of carbonyl (C=O) groups excluding carboxylic acids is 2.